The molecule has 5 nitrogen and oxygen atoms in total. The van der Waals surface area contributed by atoms with Gasteiger partial charge in [-0.3, -0.25) is 9.59 Å². The van der Waals surface area contributed by atoms with E-state index in [1.54, 1.807) is 18.2 Å². The molecule has 0 unspecified atom stereocenters. The molecule has 0 heterocycles. The van der Waals surface area contributed by atoms with E-state index in [9.17, 15) is 14.0 Å². The van der Waals surface area contributed by atoms with Gasteiger partial charge in [0, 0.05) is 18.5 Å². The van der Waals surface area contributed by atoms with Crippen LogP contribution in [0.2, 0.25) is 0 Å². The molecule has 0 radical (unpaired) electrons. The Bertz CT molecular complexity index is 437. The first kappa shape index (κ1) is 14.1. The van der Waals surface area contributed by atoms with Gasteiger partial charge < -0.3 is 16.8 Å². The van der Waals surface area contributed by atoms with Crippen LogP contribution in [0, 0.1) is 5.82 Å². The Kier molecular flexibility index (Phi) is 5.26. The molecule has 0 aliphatic carbocycles. The fourth-order valence-corrected chi connectivity index (χ4v) is 1.35. The summed E-state index contributed by atoms with van der Waals surface area (Å²) in [6.45, 7) is 0.108. The van der Waals surface area contributed by atoms with Crippen LogP contribution < -0.4 is 16.8 Å². The summed E-state index contributed by atoms with van der Waals surface area (Å²) >= 11 is 0. The van der Waals surface area contributed by atoms with Crippen molar-refractivity contribution in [1.29, 1.82) is 0 Å². The van der Waals surface area contributed by atoms with E-state index in [0.717, 1.165) is 0 Å². The molecule has 1 rings (SSSR count). The normalized spacial score (nSPS) is 11.9. The molecule has 1 aromatic carbocycles. The Labute approximate surface area is 104 Å². The van der Waals surface area contributed by atoms with Gasteiger partial charge in [0.1, 0.15) is 5.82 Å². The van der Waals surface area contributed by atoms with Crippen molar-refractivity contribution >= 4 is 11.8 Å². The van der Waals surface area contributed by atoms with E-state index in [0.29, 0.717) is 5.56 Å². The number of nitrogens with two attached hydrogens (primary N) is 2. The van der Waals surface area contributed by atoms with Crippen LogP contribution >= 0.6 is 0 Å². The van der Waals surface area contributed by atoms with Crippen molar-refractivity contribution in [2.24, 2.45) is 11.5 Å². The van der Waals surface area contributed by atoms with Crippen LogP contribution in [0.5, 0.6) is 0 Å². The van der Waals surface area contributed by atoms with Gasteiger partial charge in [-0.1, -0.05) is 18.2 Å². The molecule has 6 heteroatoms. The van der Waals surface area contributed by atoms with Crippen LogP contribution in [0.15, 0.2) is 24.3 Å². The lowest BCUT2D eigenvalue weighted by Crippen LogP contribution is -2.37. The first-order valence-corrected chi connectivity index (χ1v) is 5.55. The Balaban J connectivity index is 2.34. The molecule has 0 fully saturated rings. The van der Waals surface area contributed by atoms with Gasteiger partial charge in [0.2, 0.25) is 11.8 Å². The third kappa shape index (κ3) is 4.50. The molecule has 0 aliphatic heterocycles. The zero-order chi connectivity index (χ0) is 13.5. The maximum atomic E-state index is 13.2. The minimum Gasteiger partial charge on any atom is -0.368 e. The molecule has 0 bridgehead atoms. The summed E-state index contributed by atoms with van der Waals surface area (Å²) in [5.41, 5.74) is 10.8. The highest BCUT2D eigenvalue weighted by Crippen LogP contribution is 2.05. The van der Waals surface area contributed by atoms with E-state index in [1.807, 2.05) is 0 Å². The second-order valence-corrected chi connectivity index (χ2v) is 3.92. The van der Waals surface area contributed by atoms with Crippen LogP contribution in [0.3, 0.4) is 0 Å². The topological polar surface area (TPSA) is 98.2 Å². The number of hydrogen-bond acceptors (Lipinski definition) is 3. The minimum atomic E-state index is -0.829. The highest BCUT2D eigenvalue weighted by atomic mass is 19.1. The number of hydrogen-bond donors (Lipinski definition) is 3. The number of halogens is 1. The Hall–Kier alpha value is -1.95. The fourth-order valence-electron chi connectivity index (χ4n) is 1.35. The lowest BCUT2D eigenvalue weighted by Gasteiger charge is -2.08. The fraction of sp³-hybridized carbons (Fsp3) is 0.333. The number of carbonyl (C=O) groups excluding carboxylic acids is 2. The molecule has 2 amide bonds. The number of rotatable bonds is 6. The molecule has 98 valence electrons. The van der Waals surface area contributed by atoms with Gasteiger partial charge in [0.05, 0.1) is 6.04 Å². The molecule has 0 saturated heterocycles. The second-order valence-electron chi connectivity index (χ2n) is 3.92. The first-order valence-electron chi connectivity index (χ1n) is 5.55. The van der Waals surface area contributed by atoms with Gasteiger partial charge in [-0.2, -0.15) is 0 Å². The smallest absolute Gasteiger partial charge is 0.234 e. The van der Waals surface area contributed by atoms with Crippen LogP contribution in [-0.2, 0) is 16.1 Å². The summed E-state index contributed by atoms with van der Waals surface area (Å²) in [5.74, 6) is -1.31. The van der Waals surface area contributed by atoms with Crippen molar-refractivity contribution in [1.82, 2.24) is 5.32 Å². The van der Waals surface area contributed by atoms with E-state index in [2.05, 4.69) is 5.32 Å². The zero-order valence-corrected chi connectivity index (χ0v) is 9.86. The van der Waals surface area contributed by atoms with E-state index >= 15 is 0 Å². The Morgan fingerprint density at radius 1 is 1.33 bits per heavy atom. The molecule has 0 spiro atoms. The summed E-state index contributed by atoms with van der Waals surface area (Å²) in [4.78, 5) is 22.1. The molecule has 1 atom stereocenters. The van der Waals surface area contributed by atoms with Crippen molar-refractivity contribution in [2.45, 2.75) is 25.4 Å². The van der Waals surface area contributed by atoms with E-state index < -0.39 is 11.9 Å². The standard InChI is InChI=1S/C12H16FN3O2/c13-9-4-2-1-3-8(9)7-16-11(17)6-5-10(14)12(15)18/h1-4,10H,5-7,14H2,(H2,15,18)(H,16,17)/t10-/m0/s1. The average Bonchev–Trinajstić information content (AvgIpc) is 2.34. The van der Waals surface area contributed by atoms with Gasteiger partial charge in [-0.05, 0) is 12.5 Å². The minimum absolute atomic E-state index is 0.0819. The summed E-state index contributed by atoms with van der Waals surface area (Å²) in [6.07, 6.45) is 0.261. The lowest BCUT2D eigenvalue weighted by atomic mass is 10.1. The highest BCUT2D eigenvalue weighted by molar-refractivity contribution is 5.81. The molecule has 18 heavy (non-hydrogen) atoms. The quantitative estimate of drug-likeness (QED) is 0.667. The number of primary amides is 1. The summed E-state index contributed by atoms with van der Waals surface area (Å²) in [7, 11) is 0. The first-order chi connectivity index (χ1) is 8.50. The maximum Gasteiger partial charge on any atom is 0.234 e. The molecular weight excluding hydrogens is 237 g/mol. The molecule has 0 aliphatic rings. The third-order valence-corrected chi connectivity index (χ3v) is 2.48. The molecular formula is C12H16FN3O2. The van der Waals surface area contributed by atoms with Crippen LogP contribution in [0.25, 0.3) is 0 Å². The molecule has 0 saturated carbocycles. The van der Waals surface area contributed by atoms with Gasteiger partial charge in [0.15, 0.2) is 0 Å². The van der Waals surface area contributed by atoms with Crippen molar-refractivity contribution < 1.29 is 14.0 Å². The molecule has 0 aromatic heterocycles. The highest BCUT2D eigenvalue weighted by Gasteiger charge is 2.11. The monoisotopic (exact) mass is 253 g/mol. The van der Waals surface area contributed by atoms with Crippen LogP contribution in [-0.4, -0.2) is 17.9 Å². The van der Waals surface area contributed by atoms with Crippen molar-refractivity contribution in [3.63, 3.8) is 0 Å². The zero-order valence-electron chi connectivity index (χ0n) is 9.86. The maximum absolute atomic E-state index is 13.2. The number of amides is 2. The van der Waals surface area contributed by atoms with Crippen molar-refractivity contribution in [3.05, 3.63) is 35.6 Å². The predicted molar refractivity (Wildman–Crippen MR) is 64.7 cm³/mol. The van der Waals surface area contributed by atoms with Gasteiger partial charge in [-0.25, -0.2) is 4.39 Å². The summed E-state index contributed by atoms with van der Waals surface area (Å²) in [6, 6.07) is 5.35. The summed E-state index contributed by atoms with van der Waals surface area (Å²) in [5, 5.41) is 2.55. The number of carbonyl (C=O) groups is 2. The van der Waals surface area contributed by atoms with Gasteiger partial charge in [0.25, 0.3) is 0 Å². The summed E-state index contributed by atoms with van der Waals surface area (Å²) < 4.78 is 13.2. The third-order valence-electron chi connectivity index (χ3n) is 2.48. The largest absolute Gasteiger partial charge is 0.368 e. The van der Waals surface area contributed by atoms with Crippen LogP contribution in [0.4, 0.5) is 4.39 Å². The Morgan fingerprint density at radius 3 is 2.61 bits per heavy atom. The van der Waals surface area contributed by atoms with E-state index in [4.69, 9.17) is 11.5 Å². The van der Waals surface area contributed by atoms with E-state index in [1.165, 1.54) is 6.07 Å². The van der Waals surface area contributed by atoms with Crippen molar-refractivity contribution in [3.8, 4) is 0 Å². The molecule has 1 aromatic rings. The average molecular weight is 253 g/mol. The number of benzene rings is 1. The van der Waals surface area contributed by atoms with Crippen LogP contribution in [0.1, 0.15) is 18.4 Å². The van der Waals surface area contributed by atoms with Gasteiger partial charge >= 0.3 is 0 Å². The molecule has 5 N–H and O–H groups in total. The predicted octanol–water partition coefficient (Wildman–Crippen LogP) is 0.0347. The lowest BCUT2D eigenvalue weighted by molar-refractivity contribution is -0.122. The number of nitrogens with one attached hydrogen (secondary N) is 1. The Morgan fingerprint density at radius 2 is 2.00 bits per heavy atom. The van der Waals surface area contributed by atoms with E-state index in [-0.39, 0.29) is 31.1 Å². The van der Waals surface area contributed by atoms with Crippen molar-refractivity contribution in [2.75, 3.05) is 0 Å². The second kappa shape index (κ2) is 6.70. The van der Waals surface area contributed by atoms with Gasteiger partial charge in [-0.15, -0.1) is 0 Å². The SMILES string of the molecule is NC(=O)[C@@H](N)CCC(=O)NCc1ccccc1F.